The molecule has 0 aromatic rings. The topological polar surface area (TPSA) is 0 Å². The Hall–Kier alpha value is -1.30. The smallest absolute Gasteiger partial charge is 0.0353 e. The Morgan fingerprint density at radius 1 is 0.211 bits per heavy atom. The maximum atomic E-state index is 3.75. The van der Waals surface area contributed by atoms with Gasteiger partial charge in [0.25, 0.3) is 0 Å². The molecular weight excluding hydrogens is 456 g/mol. The van der Waals surface area contributed by atoms with Gasteiger partial charge in [-0.2, -0.15) is 0 Å². The van der Waals surface area contributed by atoms with Crippen molar-refractivity contribution in [3.63, 3.8) is 0 Å². The van der Waals surface area contributed by atoms with Crippen LogP contribution in [0.3, 0.4) is 0 Å². The molecule has 38 heavy (non-hydrogen) atoms. The third-order valence-electron chi connectivity index (χ3n) is 7.13. The van der Waals surface area contributed by atoms with Crippen molar-refractivity contribution in [3.8, 4) is 0 Å². The summed E-state index contributed by atoms with van der Waals surface area (Å²) >= 11 is 0. The molecule has 0 radical (unpaired) electrons. The number of rotatable bonds is 30. The Balaban J connectivity index is -0.000000605. The van der Waals surface area contributed by atoms with Crippen LogP contribution in [0.2, 0.25) is 0 Å². The lowest BCUT2D eigenvalue weighted by Gasteiger charge is -2.02. The van der Waals surface area contributed by atoms with Crippen LogP contribution in [-0.4, -0.2) is 0 Å². The standard InChI is InChI=1S/2C18H34.C2H4/c2*1-3-5-7-9-11-13-15-17-18-16-14-12-10-8-6-4-2;1-2/h2*3-4H,1-2,5-18H2;1-2H2. The Bertz CT molecular complexity index is 351. The number of allylic oxidation sites excluding steroid dienone is 4. The molecule has 0 saturated heterocycles. The molecule has 0 fully saturated rings. The Labute approximate surface area is 243 Å². The Kier molecular flexibility index (Phi) is 49.4. The first kappa shape index (κ1) is 41.2. The Morgan fingerprint density at radius 3 is 0.421 bits per heavy atom. The molecule has 0 nitrogen and oxygen atoms in total. The van der Waals surface area contributed by atoms with E-state index in [1.807, 2.05) is 24.3 Å². The predicted octanol–water partition coefficient (Wildman–Crippen LogP) is 14.4. The Morgan fingerprint density at radius 2 is 0.316 bits per heavy atom. The second-order valence-electron chi connectivity index (χ2n) is 10.8. The van der Waals surface area contributed by atoms with E-state index in [9.17, 15) is 0 Å². The van der Waals surface area contributed by atoms with Gasteiger partial charge in [0.05, 0.1) is 0 Å². The van der Waals surface area contributed by atoms with Gasteiger partial charge in [-0.25, -0.2) is 0 Å². The van der Waals surface area contributed by atoms with E-state index in [-0.39, 0.29) is 0 Å². The summed E-state index contributed by atoms with van der Waals surface area (Å²) in [7, 11) is 0. The molecule has 0 rings (SSSR count). The van der Waals surface area contributed by atoms with Crippen molar-refractivity contribution in [2.24, 2.45) is 0 Å². The van der Waals surface area contributed by atoms with E-state index >= 15 is 0 Å². The highest BCUT2D eigenvalue weighted by molar-refractivity contribution is 4.67. The van der Waals surface area contributed by atoms with Crippen LogP contribution in [-0.2, 0) is 0 Å². The molecule has 0 aliphatic heterocycles. The summed E-state index contributed by atoms with van der Waals surface area (Å²) in [6, 6.07) is 0. The summed E-state index contributed by atoms with van der Waals surface area (Å²) in [4.78, 5) is 0. The van der Waals surface area contributed by atoms with Crippen LogP contribution in [0.25, 0.3) is 0 Å². The molecule has 0 aromatic carbocycles. The van der Waals surface area contributed by atoms with Crippen LogP contribution < -0.4 is 0 Å². The molecule has 0 atom stereocenters. The van der Waals surface area contributed by atoms with Crippen LogP contribution >= 0.6 is 0 Å². The average Bonchev–Trinajstić information content (AvgIpc) is 2.95. The van der Waals surface area contributed by atoms with Gasteiger partial charge in [0.15, 0.2) is 0 Å². The van der Waals surface area contributed by atoms with Gasteiger partial charge in [-0.3, -0.25) is 0 Å². The summed E-state index contributed by atoms with van der Waals surface area (Å²) in [5.74, 6) is 0. The van der Waals surface area contributed by atoms with E-state index in [1.165, 1.54) is 180 Å². The minimum atomic E-state index is 1.20. The summed E-state index contributed by atoms with van der Waals surface area (Å²) in [5, 5.41) is 0. The van der Waals surface area contributed by atoms with Gasteiger partial charge >= 0.3 is 0 Å². The molecule has 0 bridgehead atoms. The van der Waals surface area contributed by atoms with Crippen LogP contribution in [0.1, 0.15) is 180 Å². The first-order valence-electron chi connectivity index (χ1n) is 16.8. The molecule has 0 amide bonds. The number of unbranched alkanes of at least 4 members (excludes halogenated alkanes) is 26. The van der Waals surface area contributed by atoms with E-state index in [0.29, 0.717) is 0 Å². The van der Waals surface area contributed by atoms with Crippen LogP contribution in [0.15, 0.2) is 63.8 Å². The van der Waals surface area contributed by atoms with Gasteiger partial charge in [-0.15, -0.1) is 39.5 Å². The maximum Gasteiger partial charge on any atom is -0.0353 e. The van der Waals surface area contributed by atoms with Gasteiger partial charge in [-0.05, 0) is 51.4 Å². The van der Waals surface area contributed by atoms with Gasteiger partial charge in [0, 0.05) is 0 Å². The highest BCUT2D eigenvalue weighted by Gasteiger charge is 1.94. The first-order valence-corrected chi connectivity index (χ1v) is 16.8. The van der Waals surface area contributed by atoms with E-state index in [0.717, 1.165) is 0 Å². The van der Waals surface area contributed by atoms with E-state index < -0.39 is 0 Å². The molecule has 0 unspecified atom stereocenters. The van der Waals surface area contributed by atoms with Crippen LogP contribution in [0, 0.1) is 0 Å². The largest absolute Gasteiger partial charge is 0.106 e. The van der Waals surface area contributed by atoms with Crippen molar-refractivity contribution in [2.45, 2.75) is 180 Å². The molecule has 0 saturated carbocycles. The second kappa shape index (κ2) is 45.6. The SMILES string of the molecule is C=C.C=CCCCCCCCCCCCCCCC=C.C=CCCCCCCCCCCCCCCC=C. The van der Waals surface area contributed by atoms with Crippen LogP contribution in [0.5, 0.6) is 0 Å². The molecule has 0 aliphatic carbocycles. The lowest BCUT2D eigenvalue weighted by Crippen LogP contribution is -1.82. The monoisotopic (exact) mass is 529 g/mol. The maximum absolute atomic E-state index is 3.75. The third-order valence-corrected chi connectivity index (χ3v) is 7.13. The van der Waals surface area contributed by atoms with Crippen molar-refractivity contribution >= 4 is 0 Å². The van der Waals surface area contributed by atoms with Gasteiger partial charge in [0.2, 0.25) is 0 Å². The summed E-state index contributed by atoms with van der Waals surface area (Å²) < 4.78 is 0. The zero-order valence-electron chi connectivity index (χ0n) is 26.4. The summed E-state index contributed by atoms with van der Waals surface area (Å²) in [5.41, 5.74) is 0. The molecule has 0 aliphatic rings. The van der Waals surface area contributed by atoms with Crippen molar-refractivity contribution in [2.75, 3.05) is 0 Å². The molecule has 0 N–H and O–H groups in total. The van der Waals surface area contributed by atoms with Crippen molar-refractivity contribution in [3.05, 3.63) is 63.8 Å². The fourth-order valence-corrected chi connectivity index (χ4v) is 4.69. The van der Waals surface area contributed by atoms with E-state index in [1.54, 1.807) is 0 Å². The zero-order chi connectivity index (χ0) is 28.6. The minimum absolute atomic E-state index is 1.20. The quantitative estimate of drug-likeness (QED) is 0.0642. The van der Waals surface area contributed by atoms with E-state index in [4.69, 9.17) is 0 Å². The number of hydrogen-bond donors (Lipinski definition) is 0. The summed E-state index contributed by atoms with van der Waals surface area (Å²) in [6.07, 6.45) is 47.0. The molecule has 0 heteroatoms. The van der Waals surface area contributed by atoms with Crippen molar-refractivity contribution in [1.29, 1.82) is 0 Å². The molecule has 0 aromatic heterocycles. The molecule has 0 spiro atoms. The van der Waals surface area contributed by atoms with Gasteiger partial charge < -0.3 is 0 Å². The second-order valence-corrected chi connectivity index (χ2v) is 10.8. The first-order chi connectivity index (χ1) is 18.8. The highest BCUT2D eigenvalue weighted by Crippen LogP contribution is 2.14. The average molecular weight is 529 g/mol. The third kappa shape index (κ3) is 47.8. The molecule has 224 valence electrons. The van der Waals surface area contributed by atoms with Gasteiger partial charge in [-0.1, -0.05) is 153 Å². The molecular formula is C38H72. The summed E-state index contributed by atoms with van der Waals surface area (Å²) in [6.45, 7) is 21.0. The highest BCUT2D eigenvalue weighted by atomic mass is 14.0. The van der Waals surface area contributed by atoms with Crippen LogP contribution in [0.4, 0.5) is 0 Å². The van der Waals surface area contributed by atoms with Crippen molar-refractivity contribution < 1.29 is 0 Å². The fourth-order valence-electron chi connectivity index (χ4n) is 4.69. The fraction of sp³-hybridized carbons (Fsp3) is 0.737. The minimum Gasteiger partial charge on any atom is -0.106 e. The predicted molar refractivity (Wildman–Crippen MR) is 181 cm³/mol. The number of hydrogen-bond acceptors (Lipinski definition) is 0. The van der Waals surface area contributed by atoms with E-state index in [2.05, 4.69) is 39.5 Å². The normalized spacial score (nSPS) is 10.0. The van der Waals surface area contributed by atoms with Gasteiger partial charge in [0.1, 0.15) is 0 Å². The van der Waals surface area contributed by atoms with Crippen molar-refractivity contribution in [1.82, 2.24) is 0 Å². The molecule has 0 heterocycles. The lowest BCUT2D eigenvalue weighted by molar-refractivity contribution is 0.542. The lowest BCUT2D eigenvalue weighted by atomic mass is 10.0. The zero-order valence-corrected chi connectivity index (χ0v) is 26.4.